The summed E-state index contributed by atoms with van der Waals surface area (Å²) in [5.74, 6) is -1.38. The van der Waals surface area contributed by atoms with Gasteiger partial charge in [-0.3, -0.25) is 0 Å². The summed E-state index contributed by atoms with van der Waals surface area (Å²) < 4.78 is 60.3. The lowest BCUT2D eigenvalue weighted by Crippen LogP contribution is -2.20. The molecule has 0 radical (unpaired) electrons. The summed E-state index contributed by atoms with van der Waals surface area (Å²) >= 11 is 0. The van der Waals surface area contributed by atoms with E-state index in [0.29, 0.717) is 23.3 Å². The Hall–Kier alpha value is -1.95. The zero-order valence-electron chi connectivity index (χ0n) is 18.0. The van der Waals surface area contributed by atoms with Gasteiger partial charge in [-0.15, -0.1) is 0 Å². The minimum Gasteiger partial charge on any atom is -0.487 e. The van der Waals surface area contributed by atoms with Gasteiger partial charge < -0.3 is 4.74 Å². The van der Waals surface area contributed by atoms with Crippen LogP contribution in [-0.4, -0.2) is 19.8 Å². The Morgan fingerprint density at radius 3 is 2.30 bits per heavy atom. The number of ether oxygens (including phenoxy) is 1. The van der Waals surface area contributed by atoms with Crippen LogP contribution in [0.15, 0.2) is 41.3 Å². The van der Waals surface area contributed by atoms with Gasteiger partial charge in [0, 0.05) is 11.6 Å². The molecule has 1 aliphatic rings. The van der Waals surface area contributed by atoms with Gasteiger partial charge in [-0.1, -0.05) is 39.0 Å². The number of rotatable bonds is 9. The van der Waals surface area contributed by atoms with Crippen molar-refractivity contribution in [1.29, 1.82) is 0 Å². The van der Waals surface area contributed by atoms with Gasteiger partial charge in [0.1, 0.15) is 5.82 Å². The second-order valence-electron chi connectivity index (χ2n) is 8.65. The highest BCUT2D eigenvalue weighted by molar-refractivity contribution is 7.92. The van der Waals surface area contributed by atoms with E-state index in [1.165, 1.54) is 6.07 Å². The standard InChI is InChI=1S/C24H30F2O3S/c1-15(2)20-7-5-6-8-23(20)30(27,28)17(4)10-9-16(3)21-13-18(25)14-22(26)24(21)29-19-11-12-19/h5-8,13-17,19H,9-12H2,1-4H3. The second kappa shape index (κ2) is 9.04. The monoisotopic (exact) mass is 436 g/mol. The molecule has 0 aliphatic heterocycles. The van der Waals surface area contributed by atoms with Gasteiger partial charge in [0.2, 0.25) is 0 Å². The SMILES string of the molecule is CC(C)c1ccccc1S(=O)(=O)C(C)CCC(C)c1cc(F)cc(F)c1OC1CC1. The van der Waals surface area contributed by atoms with Gasteiger partial charge in [-0.05, 0) is 62.1 Å². The summed E-state index contributed by atoms with van der Waals surface area (Å²) in [5, 5.41) is -0.606. The molecule has 30 heavy (non-hydrogen) atoms. The van der Waals surface area contributed by atoms with Crippen LogP contribution in [0.2, 0.25) is 0 Å². The molecule has 2 aromatic carbocycles. The normalized spacial score (nSPS) is 16.5. The summed E-state index contributed by atoms with van der Waals surface area (Å²) in [6.45, 7) is 7.50. The Balaban J connectivity index is 1.77. The molecule has 0 N–H and O–H groups in total. The van der Waals surface area contributed by atoms with Gasteiger partial charge in [0.05, 0.1) is 16.2 Å². The van der Waals surface area contributed by atoms with Crippen molar-refractivity contribution in [2.24, 2.45) is 0 Å². The van der Waals surface area contributed by atoms with Crippen molar-refractivity contribution < 1.29 is 21.9 Å². The average Bonchev–Trinajstić information content (AvgIpc) is 3.51. The first-order chi connectivity index (χ1) is 14.1. The molecule has 3 rings (SSSR count). The molecule has 3 nitrogen and oxygen atoms in total. The molecule has 1 aliphatic carbocycles. The van der Waals surface area contributed by atoms with Crippen molar-refractivity contribution in [3.05, 3.63) is 59.2 Å². The molecule has 0 heterocycles. The number of benzene rings is 2. The van der Waals surface area contributed by atoms with Crippen LogP contribution in [0, 0.1) is 11.6 Å². The third-order valence-corrected chi connectivity index (χ3v) is 8.04. The molecule has 0 aromatic heterocycles. The maximum atomic E-state index is 14.3. The van der Waals surface area contributed by atoms with Gasteiger partial charge in [0.25, 0.3) is 0 Å². The van der Waals surface area contributed by atoms with E-state index < -0.39 is 26.7 Å². The summed E-state index contributed by atoms with van der Waals surface area (Å²) in [4.78, 5) is 0.370. The van der Waals surface area contributed by atoms with E-state index in [0.717, 1.165) is 24.5 Å². The van der Waals surface area contributed by atoms with Crippen LogP contribution in [0.1, 0.15) is 76.3 Å². The minimum absolute atomic E-state index is 0.0113. The summed E-state index contributed by atoms with van der Waals surface area (Å²) in [7, 11) is -3.51. The van der Waals surface area contributed by atoms with Crippen molar-refractivity contribution in [2.45, 2.75) is 81.5 Å². The van der Waals surface area contributed by atoms with E-state index in [4.69, 9.17) is 4.74 Å². The predicted molar refractivity (Wildman–Crippen MR) is 115 cm³/mol. The fourth-order valence-corrected chi connectivity index (χ4v) is 5.43. The molecule has 0 bridgehead atoms. The topological polar surface area (TPSA) is 43.4 Å². The predicted octanol–water partition coefficient (Wildman–Crippen LogP) is 6.38. The van der Waals surface area contributed by atoms with Crippen molar-refractivity contribution in [3.63, 3.8) is 0 Å². The van der Waals surface area contributed by atoms with E-state index in [-0.39, 0.29) is 23.7 Å². The quantitative estimate of drug-likeness (QED) is 0.458. The third-order valence-electron chi connectivity index (χ3n) is 5.76. The Morgan fingerprint density at radius 1 is 1.00 bits per heavy atom. The van der Waals surface area contributed by atoms with Crippen LogP contribution in [-0.2, 0) is 9.84 Å². The largest absolute Gasteiger partial charge is 0.487 e. The molecule has 1 fully saturated rings. The van der Waals surface area contributed by atoms with Crippen LogP contribution < -0.4 is 4.74 Å². The van der Waals surface area contributed by atoms with Crippen LogP contribution in [0.3, 0.4) is 0 Å². The van der Waals surface area contributed by atoms with E-state index in [1.807, 2.05) is 32.9 Å². The Bertz CT molecular complexity index is 998. The molecular weight excluding hydrogens is 406 g/mol. The number of halogens is 2. The molecular formula is C24H30F2O3S. The van der Waals surface area contributed by atoms with Crippen LogP contribution in [0.4, 0.5) is 8.78 Å². The molecule has 0 saturated heterocycles. The van der Waals surface area contributed by atoms with Crippen LogP contribution in [0.5, 0.6) is 5.75 Å². The number of hydrogen-bond donors (Lipinski definition) is 0. The zero-order valence-corrected chi connectivity index (χ0v) is 18.8. The first-order valence-electron chi connectivity index (χ1n) is 10.6. The zero-order chi connectivity index (χ0) is 22.1. The number of hydrogen-bond acceptors (Lipinski definition) is 3. The molecule has 1 saturated carbocycles. The van der Waals surface area contributed by atoms with Gasteiger partial charge >= 0.3 is 0 Å². The van der Waals surface area contributed by atoms with Crippen molar-refractivity contribution in [1.82, 2.24) is 0 Å². The fourth-order valence-electron chi connectivity index (χ4n) is 3.65. The highest BCUT2D eigenvalue weighted by atomic mass is 32.2. The van der Waals surface area contributed by atoms with Crippen molar-refractivity contribution >= 4 is 9.84 Å². The summed E-state index contributed by atoms with van der Waals surface area (Å²) in [6, 6.07) is 9.24. The molecule has 0 spiro atoms. The Morgan fingerprint density at radius 2 is 1.67 bits per heavy atom. The average molecular weight is 437 g/mol. The lowest BCUT2D eigenvalue weighted by Gasteiger charge is -2.21. The maximum Gasteiger partial charge on any atom is 0.181 e. The summed E-state index contributed by atoms with van der Waals surface area (Å²) in [6.07, 6.45) is 2.60. The van der Waals surface area contributed by atoms with E-state index >= 15 is 0 Å². The molecule has 2 aromatic rings. The molecule has 0 amide bonds. The highest BCUT2D eigenvalue weighted by Gasteiger charge is 2.30. The van der Waals surface area contributed by atoms with Crippen molar-refractivity contribution in [2.75, 3.05) is 0 Å². The van der Waals surface area contributed by atoms with E-state index in [1.54, 1.807) is 19.1 Å². The smallest absolute Gasteiger partial charge is 0.181 e. The second-order valence-corrected chi connectivity index (χ2v) is 11.0. The lowest BCUT2D eigenvalue weighted by atomic mass is 9.94. The highest BCUT2D eigenvalue weighted by Crippen LogP contribution is 2.38. The molecule has 6 heteroatoms. The maximum absolute atomic E-state index is 14.3. The molecule has 2 atom stereocenters. The van der Waals surface area contributed by atoms with Gasteiger partial charge in [-0.2, -0.15) is 0 Å². The van der Waals surface area contributed by atoms with E-state index in [9.17, 15) is 17.2 Å². The van der Waals surface area contributed by atoms with Gasteiger partial charge in [0.15, 0.2) is 21.4 Å². The lowest BCUT2D eigenvalue weighted by molar-refractivity contribution is 0.281. The Labute approximate surface area is 178 Å². The Kier molecular flexibility index (Phi) is 6.85. The van der Waals surface area contributed by atoms with Crippen LogP contribution in [0.25, 0.3) is 0 Å². The van der Waals surface area contributed by atoms with Crippen molar-refractivity contribution in [3.8, 4) is 5.75 Å². The third kappa shape index (κ3) is 5.02. The summed E-state index contributed by atoms with van der Waals surface area (Å²) in [5.41, 5.74) is 1.27. The van der Waals surface area contributed by atoms with Gasteiger partial charge in [-0.25, -0.2) is 17.2 Å². The number of sulfone groups is 1. The molecule has 2 unspecified atom stereocenters. The molecule has 164 valence electrons. The minimum atomic E-state index is -3.51. The first kappa shape index (κ1) is 22.7. The van der Waals surface area contributed by atoms with Crippen LogP contribution >= 0.6 is 0 Å². The first-order valence-corrected chi connectivity index (χ1v) is 12.1. The fraction of sp³-hybridized carbons (Fsp3) is 0.500. The van der Waals surface area contributed by atoms with E-state index in [2.05, 4.69) is 0 Å².